The fraction of sp³-hybridized carbons (Fsp3) is 0.667. The molecule has 1 fully saturated rings. The summed E-state index contributed by atoms with van der Waals surface area (Å²) < 4.78 is 0. The maximum absolute atomic E-state index is 4.01. The van der Waals surface area contributed by atoms with Crippen LogP contribution in [0.4, 0.5) is 0 Å². The highest BCUT2D eigenvalue weighted by Crippen LogP contribution is 2.23. The molecule has 1 N–H and O–H groups in total. The first-order chi connectivity index (χ1) is 7.34. The number of hydrogen-bond donors (Lipinski definition) is 1. The van der Waals surface area contributed by atoms with Gasteiger partial charge in [0, 0.05) is 30.5 Å². The van der Waals surface area contributed by atoms with E-state index < -0.39 is 0 Å². The van der Waals surface area contributed by atoms with E-state index in [1.54, 1.807) is 6.33 Å². The second-order valence-electron chi connectivity index (χ2n) is 4.60. The van der Waals surface area contributed by atoms with Crippen molar-refractivity contribution in [1.82, 2.24) is 15.3 Å². The summed E-state index contributed by atoms with van der Waals surface area (Å²) in [5, 5.41) is 3.59. The molecule has 2 rings (SSSR count). The number of aromatic nitrogens is 2. The second kappa shape index (κ2) is 5.21. The lowest BCUT2D eigenvalue weighted by Gasteiger charge is -2.27. The van der Waals surface area contributed by atoms with Gasteiger partial charge in [0.1, 0.15) is 6.33 Å². The molecule has 1 aromatic rings. The highest BCUT2D eigenvalue weighted by atomic mass is 14.9. The van der Waals surface area contributed by atoms with Crippen molar-refractivity contribution in [1.29, 1.82) is 0 Å². The van der Waals surface area contributed by atoms with Gasteiger partial charge in [-0.3, -0.25) is 0 Å². The molecule has 1 aromatic heterocycles. The van der Waals surface area contributed by atoms with E-state index in [2.05, 4.69) is 22.2 Å². The average Bonchev–Trinajstić information content (AvgIpc) is 2.28. The molecule has 0 bridgehead atoms. The molecule has 0 amide bonds. The van der Waals surface area contributed by atoms with Crippen LogP contribution in [0, 0.1) is 5.92 Å². The summed E-state index contributed by atoms with van der Waals surface area (Å²) >= 11 is 0. The average molecular weight is 205 g/mol. The minimum Gasteiger partial charge on any atom is -0.310 e. The van der Waals surface area contributed by atoms with Gasteiger partial charge in [-0.25, -0.2) is 9.97 Å². The minimum absolute atomic E-state index is 0.689. The van der Waals surface area contributed by atoms with Crippen molar-refractivity contribution in [3.8, 4) is 0 Å². The molecule has 1 aliphatic rings. The smallest absolute Gasteiger partial charge is 0.115 e. The van der Waals surface area contributed by atoms with Crippen LogP contribution in [0.25, 0.3) is 0 Å². The quantitative estimate of drug-likeness (QED) is 0.821. The molecule has 82 valence electrons. The van der Waals surface area contributed by atoms with Crippen molar-refractivity contribution in [2.75, 3.05) is 0 Å². The van der Waals surface area contributed by atoms with Gasteiger partial charge in [-0.2, -0.15) is 0 Å². The summed E-state index contributed by atoms with van der Waals surface area (Å²) in [6, 6.07) is 0.689. The fourth-order valence-electron chi connectivity index (χ4n) is 2.30. The van der Waals surface area contributed by atoms with Crippen molar-refractivity contribution < 1.29 is 0 Å². The minimum atomic E-state index is 0.689. The van der Waals surface area contributed by atoms with E-state index >= 15 is 0 Å². The van der Waals surface area contributed by atoms with Crippen LogP contribution in [0.1, 0.15) is 38.2 Å². The van der Waals surface area contributed by atoms with Crippen LogP contribution in [0.3, 0.4) is 0 Å². The maximum Gasteiger partial charge on any atom is 0.115 e. The van der Waals surface area contributed by atoms with Crippen molar-refractivity contribution in [2.24, 2.45) is 5.92 Å². The SMILES string of the molecule is CC1CCCC(NCc2cncnc2)C1. The molecule has 3 heteroatoms. The van der Waals surface area contributed by atoms with Gasteiger partial charge in [-0.05, 0) is 18.8 Å². The Morgan fingerprint density at radius 1 is 1.33 bits per heavy atom. The first-order valence-electron chi connectivity index (χ1n) is 5.82. The Morgan fingerprint density at radius 2 is 2.13 bits per heavy atom. The van der Waals surface area contributed by atoms with E-state index in [0.29, 0.717) is 6.04 Å². The van der Waals surface area contributed by atoms with E-state index in [4.69, 9.17) is 0 Å². The third-order valence-electron chi connectivity index (χ3n) is 3.15. The Kier molecular flexibility index (Phi) is 3.67. The maximum atomic E-state index is 4.01. The molecule has 3 nitrogen and oxygen atoms in total. The van der Waals surface area contributed by atoms with Crippen LogP contribution < -0.4 is 5.32 Å². The molecule has 0 aliphatic heterocycles. The summed E-state index contributed by atoms with van der Waals surface area (Å²) in [6.07, 6.45) is 10.7. The largest absolute Gasteiger partial charge is 0.310 e. The third kappa shape index (κ3) is 3.27. The summed E-state index contributed by atoms with van der Waals surface area (Å²) in [7, 11) is 0. The van der Waals surface area contributed by atoms with Gasteiger partial charge in [0.15, 0.2) is 0 Å². The number of nitrogens with one attached hydrogen (secondary N) is 1. The highest BCUT2D eigenvalue weighted by Gasteiger charge is 2.17. The molecule has 0 radical (unpaired) electrons. The molecular weight excluding hydrogens is 186 g/mol. The van der Waals surface area contributed by atoms with Gasteiger partial charge < -0.3 is 5.32 Å². The Bertz CT molecular complexity index is 286. The summed E-state index contributed by atoms with van der Waals surface area (Å²) in [4.78, 5) is 8.02. The monoisotopic (exact) mass is 205 g/mol. The summed E-state index contributed by atoms with van der Waals surface area (Å²) in [6.45, 7) is 3.25. The Morgan fingerprint density at radius 3 is 2.87 bits per heavy atom. The predicted octanol–water partition coefficient (Wildman–Crippen LogP) is 2.14. The van der Waals surface area contributed by atoms with E-state index in [-0.39, 0.29) is 0 Å². The zero-order valence-corrected chi connectivity index (χ0v) is 9.32. The summed E-state index contributed by atoms with van der Waals surface area (Å²) in [5.74, 6) is 0.878. The van der Waals surface area contributed by atoms with Gasteiger partial charge in [-0.1, -0.05) is 19.8 Å². The van der Waals surface area contributed by atoms with Crippen molar-refractivity contribution in [3.05, 3.63) is 24.3 Å². The van der Waals surface area contributed by atoms with Crippen LogP contribution in [-0.2, 0) is 6.54 Å². The van der Waals surface area contributed by atoms with E-state index in [9.17, 15) is 0 Å². The molecule has 1 heterocycles. The molecule has 2 atom stereocenters. The van der Waals surface area contributed by atoms with Gasteiger partial charge in [0.25, 0.3) is 0 Å². The lowest BCUT2D eigenvalue weighted by atomic mass is 9.87. The lowest BCUT2D eigenvalue weighted by molar-refractivity contribution is 0.300. The third-order valence-corrected chi connectivity index (χ3v) is 3.15. The number of nitrogens with zero attached hydrogens (tertiary/aromatic N) is 2. The number of rotatable bonds is 3. The molecular formula is C12H19N3. The van der Waals surface area contributed by atoms with Gasteiger partial charge in [0.2, 0.25) is 0 Å². The molecule has 0 aromatic carbocycles. The zero-order valence-electron chi connectivity index (χ0n) is 9.32. The molecule has 1 saturated carbocycles. The Labute approximate surface area is 91.3 Å². The molecule has 0 spiro atoms. The van der Waals surface area contributed by atoms with Gasteiger partial charge >= 0.3 is 0 Å². The van der Waals surface area contributed by atoms with Crippen LogP contribution in [0.15, 0.2) is 18.7 Å². The van der Waals surface area contributed by atoms with E-state index in [1.807, 2.05) is 12.4 Å². The first kappa shape index (κ1) is 10.6. The topological polar surface area (TPSA) is 37.8 Å². The molecule has 2 unspecified atom stereocenters. The Balaban J connectivity index is 1.78. The van der Waals surface area contributed by atoms with Crippen molar-refractivity contribution >= 4 is 0 Å². The Hall–Kier alpha value is -0.960. The van der Waals surface area contributed by atoms with E-state index in [0.717, 1.165) is 12.5 Å². The normalized spacial score (nSPS) is 26.5. The predicted molar refractivity (Wildman–Crippen MR) is 60.3 cm³/mol. The van der Waals surface area contributed by atoms with Crippen molar-refractivity contribution in [2.45, 2.75) is 45.2 Å². The van der Waals surface area contributed by atoms with Crippen LogP contribution >= 0.6 is 0 Å². The molecule has 1 aliphatic carbocycles. The zero-order chi connectivity index (χ0) is 10.5. The lowest BCUT2D eigenvalue weighted by Crippen LogP contribution is -2.33. The highest BCUT2D eigenvalue weighted by molar-refractivity contribution is 5.01. The van der Waals surface area contributed by atoms with E-state index in [1.165, 1.54) is 31.2 Å². The molecule has 0 saturated heterocycles. The second-order valence-corrected chi connectivity index (χ2v) is 4.60. The van der Waals surface area contributed by atoms with Crippen molar-refractivity contribution in [3.63, 3.8) is 0 Å². The number of hydrogen-bond acceptors (Lipinski definition) is 3. The summed E-state index contributed by atoms with van der Waals surface area (Å²) in [5.41, 5.74) is 1.18. The van der Waals surface area contributed by atoms with Crippen LogP contribution in [-0.4, -0.2) is 16.0 Å². The van der Waals surface area contributed by atoms with Gasteiger partial charge in [-0.15, -0.1) is 0 Å². The van der Waals surface area contributed by atoms with Gasteiger partial charge in [0.05, 0.1) is 0 Å². The van der Waals surface area contributed by atoms with Crippen LogP contribution in [0.2, 0.25) is 0 Å². The first-order valence-corrected chi connectivity index (χ1v) is 5.82. The van der Waals surface area contributed by atoms with Crippen LogP contribution in [0.5, 0.6) is 0 Å². The fourth-order valence-corrected chi connectivity index (χ4v) is 2.30. The molecule has 15 heavy (non-hydrogen) atoms. The standard InChI is InChI=1S/C12H19N3/c1-10-3-2-4-12(5-10)15-8-11-6-13-9-14-7-11/h6-7,9-10,12,15H,2-5,8H2,1H3.